The molecule has 0 aromatic heterocycles. The first kappa shape index (κ1) is 14.8. The molecule has 2 aromatic carbocycles. The maximum atomic E-state index is 13.8. The van der Waals surface area contributed by atoms with Crippen molar-refractivity contribution in [2.45, 2.75) is 4.90 Å². The van der Waals surface area contributed by atoms with E-state index >= 15 is 0 Å². The predicted molar refractivity (Wildman–Crippen MR) is 77.8 cm³/mol. The summed E-state index contributed by atoms with van der Waals surface area (Å²) < 4.78 is 39.9. The van der Waals surface area contributed by atoms with E-state index in [4.69, 9.17) is 0 Å². The van der Waals surface area contributed by atoms with E-state index in [2.05, 4.69) is 15.9 Å². The van der Waals surface area contributed by atoms with Gasteiger partial charge < -0.3 is 5.11 Å². The minimum Gasteiger partial charge on any atom is -0.508 e. The van der Waals surface area contributed by atoms with E-state index in [-0.39, 0.29) is 5.75 Å². The van der Waals surface area contributed by atoms with E-state index in [9.17, 15) is 17.9 Å². The van der Waals surface area contributed by atoms with Crippen LogP contribution in [0, 0.1) is 5.82 Å². The molecule has 0 radical (unpaired) electrons. The van der Waals surface area contributed by atoms with E-state index in [1.165, 1.54) is 43.4 Å². The first-order chi connectivity index (χ1) is 9.32. The molecule has 0 unspecified atom stereocenters. The highest BCUT2D eigenvalue weighted by atomic mass is 79.9. The number of aromatic hydroxyl groups is 1. The average molecular weight is 360 g/mol. The maximum absolute atomic E-state index is 13.8. The normalized spacial score (nSPS) is 11.3. The number of sulfonamides is 1. The van der Waals surface area contributed by atoms with Crippen LogP contribution >= 0.6 is 15.9 Å². The van der Waals surface area contributed by atoms with Gasteiger partial charge in [0.15, 0.2) is 0 Å². The number of phenols is 1. The summed E-state index contributed by atoms with van der Waals surface area (Å²) in [5, 5.41) is 9.20. The third kappa shape index (κ3) is 2.78. The summed E-state index contributed by atoms with van der Waals surface area (Å²) in [5.74, 6) is -0.806. The molecule has 0 amide bonds. The average Bonchev–Trinajstić information content (AvgIpc) is 2.38. The molecule has 4 nitrogen and oxygen atoms in total. The monoisotopic (exact) mass is 359 g/mol. The Labute approximate surface area is 124 Å². The number of benzene rings is 2. The number of hydrogen-bond donors (Lipinski definition) is 1. The molecule has 0 saturated carbocycles. The Hall–Kier alpha value is -1.60. The fraction of sp³-hybridized carbons (Fsp3) is 0.0769. The van der Waals surface area contributed by atoms with E-state index in [0.717, 1.165) is 10.4 Å². The fourth-order valence-corrected chi connectivity index (χ4v) is 3.21. The zero-order chi connectivity index (χ0) is 14.9. The van der Waals surface area contributed by atoms with Crippen LogP contribution in [0.3, 0.4) is 0 Å². The maximum Gasteiger partial charge on any atom is 0.266 e. The Morgan fingerprint density at radius 1 is 1.15 bits per heavy atom. The van der Waals surface area contributed by atoms with Crippen molar-refractivity contribution in [2.75, 3.05) is 11.4 Å². The lowest BCUT2D eigenvalue weighted by molar-refractivity contribution is 0.475. The Bertz CT molecular complexity index is 732. The summed E-state index contributed by atoms with van der Waals surface area (Å²) in [4.78, 5) is -0.406. The number of halogens is 2. The summed E-state index contributed by atoms with van der Waals surface area (Å²) in [6.07, 6.45) is 0. The molecule has 0 aliphatic heterocycles. The third-order valence-electron chi connectivity index (χ3n) is 2.75. The van der Waals surface area contributed by atoms with Crippen molar-refractivity contribution in [1.82, 2.24) is 0 Å². The van der Waals surface area contributed by atoms with Gasteiger partial charge in [0.2, 0.25) is 0 Å². The number of rotatable bonds is 3. The lowest BCUT2D eigenvalue weighted by atomic mass is 10.3. The molecule has 2 rings (SSSR count). The SMILES string of the molecule is CN(c1ccc(O)cc1)S(=O)(=O)c1ccc(Br)cc1F. The highest BCUT2D eigenvalue weighted by molar-refractivity contribution is 9.10. The van der Waals surface area contributed by atoms with Crippen LogP contribution in [0.15, 0.2) is 51.8 Å². The summed E-state index contributed by atoms with van der Waals surface area (Å²) in [6, 6.07) is 9.34. The smallest absolute Gasteiger partial charge is 0.266 e. The molecule has 0 spiro atoms. The zero-order valence-electron chi connectivity index (χ0n) is 10.4. The van der Waals surface area contributed by atoms with Crippen molar-refractivity contribution in [1.29, 1.82) is 0 Å². The third-order valence-corrected chi connectivity index (χ3v) is 5.06. The van der Waals surface area contributed by atoms with Gasteiger partial charge in [-0.05, 0) is 42.5 Å². The molecular formula is C13H11BrFNO3S. The predicted octanol–water partition coefficient (Wildman–Crippen LogP) is 3.12. The van der Waals surface area contributed by atoms with E-state index in [0.29, 0.717) is 10.2 Å². The van der Waals surface area contributed by atoms with E-state index in [1.54, 1.807) is 0 Å². The van der Waals surface area contributed by atoms with Crippen LogP contribution in [0.2, 0.25) is 0 Å². The first-order valence-corrected chi connectivity index (χ1v) is 7.78. The van der Waals surface area contributed by atoms with Crippen LogP contribution in [0.4, 0.5) is 10.1 Å². The number of anilines is 1. The molecule has 0 aliphatic rings. The van der Waals surface area contributed by atoms with Gasteiger partial charge in [-0.3, -0.25) is 4.31 Å². The fourth-order valence-electron chi connectivity index (χ4n) is 1.63. The number of phenolic OH excluding ortho intramolecular Hbond substituents is 1. The van der Waals surface area contributed by atoms with Crippen molar-refractivity contribution in [3.05, 3.63) is 52.8 Å². The zero-order valence-corrected chi connectivity index (χ0v) is 12.8. The van der Waals surface area contributed by atoms with Gasteiger partial charge in [-0.15, -0.1) is 0 Å². The Morgan fingerprint density at radius 2 is 1.75 bits per heavy atom. The minimum atomic E-state index is -4.00. The lowest BCUT2D eigenvalue weighted by Crippen LogP contribution is -2.27. The van der Waals surface area contributed by atoms with Gasteiger partial charge in [0.25, 0.3) is 10.0 Å². The van der Waals surface area contributed by atoms with Crippen LogP contribution in [0.1, 0.15) is 0 Å². The molecule has 0 atom stereocenters. The van der Waals surface area contributed by atoms with Gasteiger partial charge in [0.05, 0.1) is 5.69 Å². The number of hydrogen-bond acceptors (Lipinski definition) is 3. The highest BCUT2D eigenvalue weighted by Crippen LogP contribution is 2.26. The molecule has 0 heterocycles. The second-order valence-electron chi connectivity index (χ2n) is 4.06. The van der Waals surface area contributed by atoms with Crippen LogP contribution in [0.25, 0.3) is 0 Å². The second-order valence-corrected chi connectivity index (χ2v) is 6.92. The van der Waals surface area contributed by atoms with Gasteiger partial charge >= 0.3 is 0 Å². The van der Waals surface area contributed by atoms with Crippen molar-refractivity contribution in [3.8, 4) is 5.75 Å². The van der Waals surface area contributed by atoms with Crippen molar-refractivity contribution >= 4 is 31.6 Å². The quantitative estimate of drug-likeness (QED) is 0.915. The first-order valence-electron chi connectivity index (χ1n) is 5.55. The van der Waals surface area contributed by atoms with Gasteiger partial charge in [-0.1, -0.05) is 15.9 Å². The molecule has 2 aromatic rings. The molecule has 7 heteroatoms. The summed E-state index contributed by atoms with van der Waals surface area (Å²) in [5.41, 5.74) is 0.324. The van der Waals surface area contributed by atoms with Crippen LogP contribution in [0.5, 0.6) is 5.75 Å². The molecule has 0 saturated heterocycles. The summed E-state index contributed by atoms with van der Waals surface area (Å²) >= 11 is 3.08. The van der Waals surface area contributed by atoms with Crippen molar-refractivity contribution in [2.24, 2.45) is 0 Å². The van der Waals surface area contributed by atoms with E-state index in [1.807, 2.05) is 0 Å². The molecule has 20 heavy (non-hydrogen) atoms. The molecular weight excluding hydrogens is 349 g/mol. The largest absolute Gasteiger partial charge is 0.508 e. The molecule has 0 aliphatic carbocycles. The summed E-state index contributed by atoms with van der Waals surface area (Å²) in [7, 11) is -2.67. The van der Waals surface area contributed by atoms with Crippen molar-refractivity contribution < 1.29 is 17.9 Å². The minimum absolute atomic E-state index is 0.0226. The standard InChI is InChI=1S/C13H11BrFNO3S/c1-16(10-3-5-11(17)6-4-10)20(18,19)13-7-2-9(14)8-12(13)15/h2-8,17H,1H3. The van der Waals surface area contributed by atoms with Gasteiger partial charge in [0, 0.05) is 11.5 Å². The molecule has 0 fully saturated rings. The number of nitrogens with zero attached hydrogens (tertiary/aromatic N) is 1. The van der Waals surface area contributed by atoms with Crippen molar-refractivity contribution in [3.63, 3.8) is 0 Å². The van der Waals surface area contributed by atoms with Crippen LogP contribution in [-0.2, 0) is 10.0 Å². The topological polar surface area (TPSA) is 57.6 Å². The molecule has 1 N–H and O–H groups in total. The Kier molecular flexibility index (Phi) is 4.01. The highest BCUT2D eigenvalue weighted by Gasteiger charge is 2.24. The second kappa shape index (κ2) is 5.41. The molecule has 106 valence electrons. The Morgan fingerprint density at radius 3 is 2.30 bits per heavy atom. The summed E-state index contributed by atoms with van der Waals surface area (Å²) in [6.45, 7) is 0. The van der Waals surface area contributed by atoms with Crippen LogP contribution < -0.4 is 4.31 Å². The van der Waals surface area contributed by atoms with E-state index < -0.39 is 20.7 Å². The lowest BCUT2D eigenvalue weighted by Gasteiger charge is -2.19. The molecule has 0 bridgehead atoms. The van der Waals surface area contributed by atoms with Gasteiger partial charge in [-0.25, -0.2) is 12.8 Å². The van der Waals surface area contributed by atoms with Crippen LogP contribution in [-0.4, -0.2) is 20.6 Å². The van der Waals surface area contributed by atoms with Gasteiger partial charge in [-0.2, -0.15) is 0 Å². The Balaban J connectivity index is 2.46. The van der Waals surface area contributed by atoms with Gasteiger partial charge in [0.1, 0.15) is 16.5 Å².